The highest BCUT2D eigenvalue weighted by molar-refractivity contribution is 5.95. The highest BCUT2D eigenvalue weighted by Crippen LogP contribution is 2.36. The lowest BCUT2D eigenvalue weighted by Gasteiger charge is -2.22. The number of cyclic esters (lactones) is 1. The summed E-state index contributed by atoms with van der Waals surface area (Å²) in [5.74, 6) is 0.756. The monoisotopic (exact) mass is 354 g/mol. The number of nitrogens with zero attached hydrogens (tertiary/aromatic N) is 2. The van der Waals surface area contributed by atoms with Crippen molar-refractivity contribution in [2.24, 2.45) is 0 Å². The maximum absolute atomic E-state index is 12.5. The van der Waals surface area contributed by atoms with Crippen LogP contribution in [-0.4, -0.2) is 35.3 Å². The van der Waals surface area contributed by atoms with Gasteiger partial charge in [0.1, 0.15) is 12.4 Å². The highest BCUT2D eigenvalue weighted by atomic mass is 16.6. The molecular formula is C19H22N4O3. The number of ether oxygens (including phenoxy) is 1. The van der Waals surface area contributed by atoms with Crippen LogP contribution < -0.4 is 10.2 Å². The number of amides is 2. The van der Waals surface area contributed by atoms with Gasteiger partial charge in [-0.25, -0.2) is 4.79 Å². The van der Waals surface area contributed by atoms with Crippen molar-refractivity contribution < 1.29 is 14.3 Å². The molecule has 7 heteroatoms. The molecule has 1 unspecified atom stereocenters. The van der Waals surface area contributed by atoms with E-state index < -0.39 is 0 Å². The van der Waals surface area contributed by atoms with Crippen LogP contribution in [0.5, 0.6) is 0 Å². The Morgan fingerprint density at radius 1 is 1.35 bits per heavy atom. The average Bonchev–Trinajstić information content (AvgIpc) is 3.22. The number of aromatic nitrogens is 2. The quantitative estimate of drug-likeness (QED) is 0.862. The number of aromatic amines is 1. The zero-order chi connectivity index (χ0) is 18.1. The van der Waals surface area contributed by atoms with Crippen LogP contribution in [0, 0.1) is 0 Å². The number of nitrogens with one attached hydrogen (secondary N) is 2. The van der Waals surface area contributed by atoms with Crippen LogP contribution in [0.4, 0.5) is 16.3 Å². The molecular weight excluding hydrogens is 332 g/mol. The molecule has 2 heterocycles. The van der Waals surface area contributed by atoms with E-state index in [9.17, 15) is 9.59 Å². The molecule has 2 aliphatic rings. The fourth-order valence-corrected chi connectivity index (χ4v) is 3.28. The summed E-state index contributed by atoms with van der Waals surface area (Å²) in [5, 5.41) is 10.1. The zero-order valence-corrected chi connectivity index (χ0v) is 14.7. The van der Waals surface area contributed by atoms with E-state index in [2.05, 4.69) is 15.5 Å². The van der Waals surface area contributed by atoms with Crippen LogP contribution in [0.1, 0.15) is 49.3 Å². The van der Waals surface area contributed by atoms with Gasteiger partial charge in [-0.1, -0.05) is 18.6 Å². The normalized spacial score (nSPS) is 18.3. The van der Waals surface area contributed by atoms with Gasteiger partial charge in [-0.15, -0.1) is 0 Å². The van der Waals surface area contributed by atoms with Crippen molar-refractivity contribution >= 4 is 23.5 Å². The van der Waals surface area contributed by atoms with Crippen LogP contribution in [0.3, 0.4) is 0 Å². The lowest BCUT2D eigenvalue weighted by Crippen LogP contribution is -2.23. The van der Waals surface area contributed by atoms with Crippen molar-refractivity contribution in [2.45, 2.75) is 38.0 Å². The van der Waals surface area contributed by atoms with E-state index in [1.165, 1.54) is 19.3 Å². The largest absolute Gasteiger partial charge is 0.447 e. The second-order valence-electron chi connectivity index (χ2n) is 6.90. The fourth-order valence-electron chi connectivity index (χ4n) is 3.28. The number of carbonyl (C=O) groups excluding carboxylic acids is 2. The van der Waals surface area contributed by atoms with Gasteiger partial charge >= 0.3 is 6.09 Å². The molecule has 2 N–H and O–H groups in total. The molecule has 26 heavy (non-hydrogen) atoms. The van der Waals surface area contributed by atoms with E-state index in [-0.39, 0.29) is 17.9 Å². The van der Waals surface area contributed by atoms with Crippen molar-refractivity contribution in [1.82, 2.24) is 10.2 Å². The minimum Gasteiger partial charge on any atom is -0.447 e. The Morgan fingerprint density at radius 3 is 2.73 bits per heavy atom. The van der Waals surface area contributed by atoms with Crippen LogP contribution in [0.2, 0.25) is 0 Å². The molecule has 4 rings (SSSR count). The summed E-state index contributed by atoms with van der Waals surface area (Å²) in [6.45, 7) is 2.82. The van der Waals surface area contributed by atoms with Crippen LogP contribution in [-0.2, 0) is 9.53 Å². The highest BCUT2D eigenvalue weighted by Gasteiger charge is 2.25. The standard InChI is InChI=1S/C19H22N4O3/c1-12(13-5-7-15(8-6-13)23-9-10-26-19(23)25)18(24)20-17-11-16(21-22-17)14-3-2-4-14/h5-8,11-12,14H,2-4,9-10H2,1H3,(H2,20,21,22,24). The molecule has 0 bridgehead atoms. The summed E-state index contributed by atoms with van der Waals surface area (Å²) in [6.07, 6.45) is 3.27. The van der Waals surface area contributed by atoms with Gasteiger partial charge in [0.25, 0.3) is 0 Å². The lowest BCUT2D eigenvalue weighted by atomic mass is 9.83. The van der Waals surface area contributed by atoms with Crippen molar-refractivity contribution in [1.29, 1.82) is 0 Å². The molecule has 1 aliphatic carbocycles. The van der Waals surface area contributed by atoms with Crippen LogP contribution >= 0.6 is 0 Å². The summed E-state index contributed by atoms with van der Waals surface area (Å²) in [4.78, 5) is 25.7. The van der Waals surface area contributed by atoms with Gasteiger partial charge in [0.15, 0.2) is 0 Å². The van der Waals surface area contributed by atoms with E-state index in [4.69, 9.17) is 4.74 Å². The SMILES string of the molecule is CC(C(=O)Nc1cc(C2CCC2)n[nH]1)c1ccc(N2CCOC2=O)cc1. The van der Waals surface area contributed by atoms with Crippen molar-refractivity contribution in [3.8, 4) is 0 Å². The smallest absolute Gasteiger partial charge is 0.414 e. The maximum atomic E-state index is 12.5. The minimum atomic E-state index is -0.329. The summed E-state index contributed by atoms with van der Waals surface area (Å²) in [7, 11) is 0. The van der Waals surface area contributed by atoms with Gasteiger partial charge < -0.3 is 10.1 Å². The molecule has 1 saturated carbocycles. The van der Waals surface area contributed by atoms with E-state index >= 15 is 0 Å². The molecule has 0 spiro atoms. The number of anilines is 2. The van der Waals surface area contributed by atoms with E-state index in [1.807, 2.05) is 37.3 Å². The average molecular weight is 354 g/mol. The van der Waals surface area contributed by atoms with Crippen LogP contribution in [0.25, 0.3) is 0 Å². The third kappa shape index (κ3) is 3.16. The first-order chi connectivity index (χ1) is 12.6. The zero-order valence-electron chi connectivity index (χ0n) is 14.7. The number of carbonyl (C=O) groups is 2. The van der Waals surface area contributed by atoms with E-state index in [0.29, 0.717) is 24.9 Å². The molecule has 2 fully saturated rings. The van der Waals surface area contributed by atoms with Gasteiger partial charge in [-0.05, 0) is 37.5 Å². The Bertz CT molecular complexity index is 810. The number of H-pyrrole nitrogens is 1. The number of benzene rings is 1. The molecule has 2 amide bonds. The molecule has 2 aromatic rings. The van der Waals surface area contributed by atoms with Gasteiger partial charge in [-0.3, -0.25) is 14.8 Å². The second kappa shape index (κ2) is 6.82. The van der Waals surface area contributed by atoms with Crippen molar-refractivity contribution in [2.75, 3.05) is 23.4 Å². The number of hydrogen-bond acceptors (Lipinski definition) is 4. The van der Waals surface area contributed by atoms with Gasteiger partial charge in [0, 0.05) is 17.7 Å². The minimum absolute atomic E-state index is 0.0952. The van der Waals surface area contributed by atoms with Gasteiger partial charge in [-0.2, -0.15) is 5.10 Å². The third-order valence-corrected chi connectivity index (χ3v) is 5.24. The Morgan fingerprint density at radius 2 is 2.12 bits per heavy atom. The number of hydrogen-bond donors (Lipinski definition) is 2. The molecule has 0 radical (unpaired) electrons. The first-order valence-corrected chi connectivity index (χ1v) is 9.02. The van der Waals surface area contributed by atoms with Crippen molar-refractivity contribution in [3.63, 3.8) is 0 Å². The number of rotatable bonds is 5. The summed E-state index contributed by atoms with van der Waals surface area (Å²) in [6, 6.07) is 9.36. The molecule has 1 atom stereocenters. The fraction of sp³-hybridized carbons (Fsp3) is 0.421. The molecule has 136 valence electrons. The third-order valence-electron chi connectivity index (χ3n) is 5.24. The van der Waals surface area contributed by atoms with Gasteiger partial charge in [0.2, 0.25) is 5.91 Å². The summed E-state index contributed by atoms with van der Waals surface area (Å²) >= 11 is 0. The first kappa shape index (κ1) is 16.6. The summed E-state index contributed by atoms with van der Waals surface area (Å²) < 4.78 is 4.95. The Kier molecular flexibility index (Phi) is 4.36. The predicted octanol–water partition coefficient (Wildman–Crippen LogP) is 3.38. The first-order valence-electron chi connectivity index (χ1n) is 9.02. The van der Waals surface area contributed by atoms with E-state index in [0.717, 1.165) is 16.9 Å². The second-order valence-corrected chi connectivity index (χ2v) is 6.90. The lowest BCUT2D eigenvalue weighted by molar-refractivity contribution is -0.117. The van der Waals surface area contributed by atoms with Gasteiger partial charge in [0.05, 0.1) is 18.2 Å². The van der Waals surface area contributed by atoms with E-state index in [1.54, 1.807) is 4.90 Å². The van der Waals surface area contributed by atoms with Crippen LogP contribution in [0.15, 0.2) is 30.3 Å². The molecule has 1 aromatic carbocycles. The maximum Gasteiger partial charge on any atom is 0.414 e. The predicted molar refractivity (Wildman–Crippen MR) is 97.4 cm³/mol. The Labute approximate surface area is 151 Å². The van der Waals surface area contributed by atoms with Crippen molar-refractivity contribution in [3.05, 3.63) is 41.6 Å². The molecule has 1 aromatic heterocycles. The molecule has 7 nitrogen and oxygen atoms in total. The Balaban J connectivity index is 1.39. The molecule has 1 saturated heterocycles. The topological polar surface area (TPSA) is 87.3 Å². The molecule has 1 aliphatic heterocycles. The summed E-state index contributed by atoms with van der Waals surface area (Å²) in [5.41, 5.74) is 2.70. The Hall–Kier alpha value is -2.83.